The zero-order valence-corrected chi connectivity index (χ0v) is 18.6. The monoisotopic (exact) mass is 506 g/mol. The van der Waals surface area contributed by atoms with Crippen molar-refractivity contribution < 1.29 is 19.1 Å². The Morgan fingerprint density at radius 2 is 1.72 bits per heavy atom. The number of fused-ring (bicyclic) bond motifs is 3. The molecule has 5 rings (SSSR count). The number of hydrogen-bond donors (Lipinski definition) is 0. The van der Waals surface area contributed by atoms with E-state index in [9.17, 15) is 9.59 Å². The molecule has 2 amide bonds. The number of allylic oxidation sites excluding steroid dienone is 2. The maximum atomic E-state index is 13.0. The van der Waals surface area contributed by atoms with Gasteiger partial charge < -0.3 is 9.47 Å². The van der Waals surface area contributed by atoms with E-state index in [1.165, 1.54) is 0 Å². The minimum atomic E-state index is -0.225. The molecule has 152 valence electrons. The molecule has 1 aromatic rings. The molecule has 3 fully saturated rings. The van der Waals surface area contributed by atoms with Crippen LogP contribution in [0.25, 0.3) is 0 Å². The highest BCUT2D eigenvalue weighted by atomic mass is 127. The smallest absolute Gasteiger partial charge is 0.254 e. The van der Waals surface area contributed by atoms with Gasteiger partial charge in [-0.05, 0) is 84.2 Å². The number of amides is 2. The van der Waals surface area contributed by atoms with Crippen molar-refractivity contribution in [1.82, 2.24) is 5.01 Å². The second kappa shape index (κ2) is 6.82. The highest BCUT2D eigenvalue weighted by molar-refractivity contribution is 14.1. The quantitative estimate of drug-likeness (QED) is 0.256. The third-order valence-electron chi connectivity index (χ3n) is 6.77. The van der Waals surface area contributed by atoms with Crippen molar-refractivity contribution in [3.63, 3.8) is 0 Å². The minimum Gasteiger partial charge on any atom is -0.490 e. The predicted molar refractivity (Wildman–Crippen MR) is 116 cm³/mol. The summed E-state index contributed by atoms with van der Waals surface area (Å²) in [6.07, 6.45) is 8.17. The average molecular weight is 506 g/mol. The molecule has 7 heteroatoms. The highest BCUT2D eigenvalue weighted by Crippen LogP contribution is 2.73. The van der Waals surface area contributed by atoms with Crippen LogP contribution in [0.5, 0.6) is 11.5 Å². The maximum Gasteiger partial charge on any atom is 0.254 e. The molecule has 2 saturated carbocycles. The van der Waals surface area contributed by atoms with Crippen LogP contribution in [0, 0.1) is 32.7 Å². The second-order valence-electron chi connectivity index (χ2n) is 8.15. The molecule has 0 unspecified atom stereocenters. The van der Waals surface area contributed by atoms with E-state index in [1.807, 2.05) is 26.0 Å². The van der Waals surface area contributed by atoms with Crippen molar-refractivity contribution in [2.45, 2.75) is 26.7 Å². The topological polar surface area (TPSA) is 68.2 Å². The second-order valence-corrected chi connectivity index (χ2v) is 9.31. The fraction of sp³-hybridized carbons (Fsp3) is 0.500. The summed E-state index contributed by atoms with van der Waals surface area (Å²) in [6.45, 7) is 4.90. The Hall–Kier alpha value is -1.90. The van der Waals surface area contributed by atoms with Gasteiger partial charge in [-0.1, -0.05) is 12.2 Å². The number of nitrogens with zero attached hydrogens (tertiary/aromatic N) is 2. The lowest BCUT2D eigenvalue weighted by atomic mass is 9.85. The molecule has 29 heavy (non-hydrogen) atoms. The van der Waals surface area contributed by atoms with Gasteiger partial charge in [0.25, 0.3) is 11.8 Å². The lowest BCUT2D eigenvalue weighted by Crippen LogP contribution is -2.30. The van der Waals surface area contributed by atoms with Crippen LogP contribution < -0.4 is 9.47 Å². The molecule has 0 radical (unpaired) electrons. The van der Waals surface area contributed by atoms with Gasteiger partial charge in [-0.3, -0.25) is 9.59 Å². The normalized spacial score (nSPS) is 30.7. The molecule has 1 aromatic carbocycles. The first-order valence-electron chi connectivity index (χ1n) is 10.2. The van der Waals surface area contributed by atoms with Crippen LogP contribution in [0.4, 0.5) is 0 Å². The van der Waals surface area contributed by atoms with Crippen LogP contribution in [0.1, 0.15) is 32.3 Å². The predicted octanol–water partition coefficient (Wildman–Crippen LogP) is 3.62. The van der Waals surface area contributed by atoms with Gasteiger partial charge in [0.1, 0.15) is 0 Å². The van der Waals surface area contributed by atoms with E-state index in [0.29, 0.717) is 24.7 Å². The number of hydrazone groups is 1. The van der Waals surface area contributed by atoms with Gasteiger partial charge in [-0.25, -0.2) is 0 Å². The van der Waals surface area contributed by atoms with E-state index in [4.69, 9.17) is 9.47 Å². The van der Waals surface area contributed by atoms with Crippen LogP contribution >= 0.6 is 22.6 Å². The molecule has 6 nitrogen and oxygen atoms in total. The molecule has 0 N–H and O–H groups in total. The van der Waals surface area contributed by atoms with Crippen molar-refractivity contribution in [1.29, 1.82) is 0 Å². The van der Waals surface area contributed by atoms with Gasteiger partial charge in [0.2, 0.25) is 0 Å². The van der Waals surface area contributed by atoms with Crippen LogP contribution in [0.2, 0.25) is 0 Å². The molecule has 2 bridgehead atoms. The Labute approximate surface area is 183 Å². The number of hydrogen-bond acceptors (Lipinski definition) is 5. The standard InChI is InChI=1S/C22H23IN2O4/c1-3-28-16-10-12(9-15(23)19(16)29-4-2)11-24-25-20(26)17-13-5-6-14(18(17)21(25)27)22(13)7-8-22/h5-6,9-11,13-14,17-18H,3-4,7-8H2,1-2H3/b24-11-/t13-,14-,17-,18+/m1/s1. The summed E-state index contributed by atoms with van der Waals surface area (Å²) in [4.78, 5) is 26.0. The highest BCUT2D eigenvalue weighted by Gasteiger charge is 2.73. The average Bonchev–Trinajstić information content (AvgIpc) is 3.29. The van der Waals surface area contributed by atoms with Gasteiger partial charge in [0, 0.05) is 0 Å². The lowest BCUT2D eigenvalue weighted by molar-refractivity contribution is -0.141. The summed E-state index contributed by atoms with van der Waals surface area (Å²) in [5.74, 6) is 1.02. The first-order chi connectivity index (χ1) is 14.0. The van der Waals surface area contributed by atoms with Crippen LogP contribution in [0.15, 0.2) is 29.4 Å². The summed E-state index contributed by atoms with van der Waals surface area (Å²) in [5, 5.41) is 5.40. The number of carbonyl (C=O) groups excluding carboxylic acids is 2. The van der Waals surface area contributed by atoms with Gasteiger partial charge in [0.15, 0.2) is 11.5 Å². The van der Waals surface area contributed by atoms with Crippen LogP contribution in [-0.4, -0.2) is 36.3 Å². The number of halogens is 1. The van der Waals surface area contributed by atoms with E-state index in [2.05, 4.69) is 39.8 Å². The summed E-state index contributed by atoms with van der Waals surface area (Å²) in [7, 11) is 0. The fourth-order valence-corrected chi connectivity index (χ4v) is 6.29. The van der Waals surface area contributed by atoms with Gasteiger partial charge in [0.05, 0.1) is 34.8 Å². The molecule has 1 saturated heterocycles. The molecular weight excluding hydrogens is 483 g/mol. The largest absolute Gasteiger partial charge is 0.490 e. The Morgan fingerprint density at radius 1 is 1.10 bits per heavy atom. The molecule has 4 aliphatic rings. The van der Waals surface area contributed by atoms with Gasteiger partial charge in [-0.2, -0.15) is 10.1 Å². The summed E-state index contributed by atoms with van der Waals surface area (Å²) >= 11 is 2.19. The Balaban J connectivity index is 1.40. The Morgan fingerprint density at radius 3 is 2.28 bits per heavy atom. The summed E-state index contributed by atoms with van der Waals surface area (Å²) < 4.78 is 12.3. The summed E-state index contributed by atoms with van der Waals surface area (Å²) in [5.41, 5.74) is 0.965. The third-order valence-corrected chi connectivity index (χ3v) is 7.57. The zero-order valence-electron chi connectivity index (χ0n) is 16.4. The van der Waals surface area contributed by atoms with Crippen LogP contribution in [-0.2, 0) is 9.59 Å². The van der Waals surface area contributed by atoms with E-state index in [0.717, 1.165) is 27.0 Å². The molecule has 1 heterocycles. The first-order valence-corrected chi connectivity index (χ1v) is 11.3. The van der Waals surface area contributed by atoms with E-state index in [-0.39, 0.29) is 40.9 Å². The summed E-state index contributed by atoms with van der Waals surface area (Å²) in [6, 6.07) is 3.74. The third kappa shape index (κ3) is 2.69. The van der Waals surface area contributed by atoms with E-state index in [1.54, 1.807) is 6.21 Å². The lowest BCUT2D eigenvalue weighted by Gasteiger charge is -2.18. The number of carbonyl (C=O) groups is 2. The fourth-order valence-electron chi connectivity index (χ4n) is 5.51. The molecule has 3 aliphatic carbocycles. The van der Waals surface area contributed by atoms with Crippen LogP contribution in [0.3, 0.4) is 0 Å². The minimum absolute atomic E-state index is 0.148. The molecule has 1 aliphatic heterocycles. The van der Waals surface area contributed by atoms with Crippen molar-refractivity contribution in [3.8, 4) is 11.5 Å². The van der Waals surface area contributed by atoms with Crippen molar-refractivity contribution in [3.05, 3.63) is 33.4 Å². The van der Waals surface area contributed by atoms with Crippen molar-refractivity contribution >= 4 is 40.6 Å². The number of ether oxygens (including phenoxy) is 2. The van der Waals surface area contributed by atoms with Gasteiger partial charge in [-0.15, -0.1) is 0 Å². The molecule has 1 spiro atoms. The number of benzene rings is 1. The molecular formula is C22H23IN2O4. The van der Waals surface area contributed by atoms with E-state index < -0.39 is 0 Å². The molecule has 4 atom stereocenters. The molecule has 0 aromatic heterocycles. The van der Waals surface area contributed by atoms with Crippen molar-refractivity contribution in [2.75, 3.05) is 13.2 Å². The van der Waals surface area contributed by atoms with Gasteiger partial charge >= 0.3 is 0 Å². The zero-order chi connectivity index (χ0) is 20.3. The van der Waals surface area contributed by atoms with E-state index >= 15 is 0 Å². The first kappa shape index (κ1) is 19.1. The number of imide groups is 1. The number of rotatable bonds is 6. The maximum absolute atomic E-state index is 13.0. The van der Waals surface area contributed by atoms with Crippen molar-refractivity contribution in [2.24, 2.45) is 34.2 Å². The Bertz CT molecular complexity index is 918. The Kier molecular flexibility index (Phi) is 4.49. The SMILES string of the molecule is CCOc1cc(/C=N\N2C(=O)[C@@H]3[C@H](C2=O)[C@H]2C=C[C@H]3C23CC3)cc(I)c1OCC.